The Balaban J connectivity index is 3.39. The maximum Gasteiger partial charge on any atom is 0.320 e. The monoisotopic (exact) mass is 147 g/mol. The number of thiocarbonyl (C=S) groups is 1. The molecule has 0 rings (SSSR count). The van der Waals surface area contributed by atoms with Crippen molar-refractivity contribution >= 4 is 23.4 Å². The van der Waals surface area contributed by atoms with E-state index in [1.54, 1.807) is 6.92 Å². The van der Waals surface area contributed by atoms with Gasteiger partial charge in [0.1, 0.15) is 0 Å². The van der Waals surface area contributed by atoms with Gasteiger partial charge in [-0.3, -0.25) is 5.32 Å². The highest BCUT2D eigenvalue weighted by atomic mass is 32.1. The van der Waals surface area contributed by atoms with Crippen LogP contribution in [0.1, 0.15) is 6.92 Å². The molecule has 0 radical (unpaired) electrons. The van der Waals surface area contributed by atoms with Gasteiger partial charge in [0.15, 0.2) is 5.11 Å². The summed E-state index contributed by atoms with van der Waals surface area (Å²) < 4.78 is 0. The Morgan fingerprint density at radius 3 is 2.67 bits per heavy atom. The lowest BCUT2D eigenvalue weighted by atomic mass is 10.7. The van der Waals surface area contributed by atoms with Crippen LogP contribution in [0.2, 0.25) is 0 Å². The Morgan fingerprint density at radius 1 is 1.78 bits per heavy atom. The molecule has 4 nitrogen and oxygen atoms in total. The molecule has 0 saturated carbocycles. The first-order valence-electron chi connectivity index (χ1n) is 2.51. The highest BCUT2D eigenvalue weighted by Crippen LogP contribution is 1.62. The fourth-order valence-corrected chi connectivity index (χ4v) is 0.409. The van der Waals surface area contributed by atoms with Gasteiger partial charge in [-0.25, -0.2) is 4.79 Å². The summed E-state index contributed by atoms with van der Waals surface area (Å²) in [4.78, 5) is 10.5. The van der Waals surface area contributed by atoms with E-state index in [2.05, 4.69) is 22.9 Å². The van der Waals surface area contributed by atoms with Gasteiger partial charge in [-0.1, -0.05) is 0 Å². The molecule has 0 unspecified atom stereocenters. The SMILES string of the molecule is CCNC(=O)NC(N)=S. The molecule has 0 spiro atoms. The molecule has 0 aromatic rings. The second-order valence-corrected chi connectivity index (χ2v) is 1.79. The van der Waals surface area contributed by atoms with E-state index >= 15 is 0 Å². The van der Waals surface area contributed by atoms with Crippen molar-refractivity contribution in [3.8, 4) is 0 Å². The molecule has 9 heavy (non-hydrogen) atoms. The third-order valence-corrected chi connectivity index (χ3v) is 0.676. The van der Waals surface area contributed by atoms with Gasteiger partial charge in [0, 0.05) is 6.54 Å². The van der Waals surface area contributed by atoms with Crippen molar-refractivity contribution in [1.29, 1.82) is 0 Å². The minimum atomic E-state index is -0.356. The maximum absolute atomic E-state index is 10.5. The van der Waals surface area contributed by atoms with Crippen LogP contribution in [-0.4, -0.2) is 17.7 Å². The fraction of sp³-hybridized carbons (Fsp3) is 0.500. The van der Waals surface area contributed by atoms with E-state index in [1.165, 1.54) is 0 Å². The van der Waals surface area contributed by atoms with Crippen molar-refractivity contribution in [2.75, 3.05) is 6.54 Å². The number of amides is 2. The van der Waals surface area contributed by atoms with Crippen LogP contribution in [-0.2, 0) is 0 Å². The first kappa shape index (κ1) is 8.16. The number of rotatable bonds is 1. The minimum absolute atomic E-state index is 0.0130. The second kappa shape index (κ2) is 4.08. The van der Waals surface area contributed by atoms with Gasteiger partial charge in [0.2, 0.25) is 0 Å². The quantitative estimate of drug-likeness (QED) is 0.440. The minimum Gasteiger partial charge on any atom is -0.376 e. The maximum atomic E-state index is 10.5. The number of urea groups is 1. The van der Waals surface area contributed by atoms with Gasteiger partial charge in [-0.05, 0) is 19.1 Å². The highest BCUT2D eigenvalue weighted by Gasteiger charge is 1.95. The smallest absolute Gasteiger partial charge is 0.320 e. The molecule has 0 fully saturated rings. The van der Waals surface area contributed by atoms with Gasteiger partial charge < -0.3 is 11.1 Å². The van der Waals surface area contributed by atoms with Crippen LogP contribution in [0.15, 0.2) is 0 Å². The summed E-state index contributed by atoms with van der Waals surface area (Å²) >= 11 is 4.39. The van der Waals surface area contributed by atoms with Crippen molar-refractivity contribution < 1.29 is 4.79 Å². The van der Waals surface area contributed by atoms with Gasteiger partial charge in [0.05, 0.1) is 0 Å². The molecular weight excluding hydrogens is 138 g/mol. The molecule has 52 valence electrons. The number of nitrogens with one attached hydrogen (secondary N) is 2. The van der Waals surface area contributed by atoms with Crippen molar-refractivity contribution in [2.45, 2.75) is 6.92 Å². The molecule has 0 aliphatic heterocycles. The molecule has 0 aliphatic carbocycles. The van der Waals surface area contributed by atoms with Crippen molar-refractivity contribution in [1.82, 2.24) is 10.6 Å². The first-order chi connectivity index (χ1) is 4.16. The van der Waals surface area contributed by atoms with Crippen molar-refractivity contribution in [2.24, 2.45) is 5.73 Å². The molecule has 0 atom stereocenters. The molecule has 0 aromatic heterocycles. The number of hydrogen-bond acceptors (Lipinski definition) is 2. The zero-order valence-corrected chi connectivity index (χ0v) is 5.92. The van der Waals surface area contributed by atoms with E-state index in [0.29, 0.717) is 6.54 Å². The molecule has 5 heteroatoms. The summed E-state index contributed by atoms with van der Waals surface area (Å²) in [5.41, 5.74) is 4.98. The first-order valence-corrected chi connectivity index (χ1v) is 2.92. The van der Waals surface area contributed by atoms with Crippen LogP contribution in [0.25, 0.3) is 0 Å². The van der Waals surface area contributed by atoms with Gasteiger partial charge in [0.25, 0.3) is 0 Å². The number of carbonyl (C=O) groups is 1. The Bertz CT molecular complexity index is 125. The average molecular weight is 147 g/mol. The predicted octanol–water partition coefficient (Wildman–Crippen LogP) is -0.451. The van der Waals surface area contributed by atoms with Gasteiger partial charge in [-0.2, -0.15) is 0 Å². The molecule has 4 N–H and O–H groups in total. The molecular formula is C4H9N3OS. The van der Waals surface area contributed by atoms with E-state index in [4.69, 9.17) is 5.73 Å². The van der Waals surface area contributed by atoms with Crippen molar-refractivity contribution in [3.05, 3.63) is 0 Å². The van der Waals surface area contributed by atoms with Gasteiger partial charge >= 0.3 is 6.03 Å². The molecule has 0 aromatic carbocycles. The van der Waals surface area contributed by atoms with Crippen LogP contribution >= 0.6 is 12.2 Å². The van der Waals surface area contributed by atoms with Crippen LogP contribution in [0.5, 0.6) is 0 Å². The summed E-state index contributed by atoms with van der Waals surface area (Å²) in [6.07, 6.45) is 0. The average Bonchev–Trinajstić information content (AvgIpc) is 1.63. The summed E-state index contributed by atoms with van der Waals surface area (Å²) in [5, 5.41) is 4.65. The number of carbonyl (C=O) groups excluding carboxylic acids is 1. The normalized spacial score (nSPS) is 8.11. The van der Waals surface area contributed by atoms with E-state index in [0.717, 1.165) is 0 Å². The predicted molar refractivity (Wildman–Crippen MR) is 39.0 cm³/mol. The van der Waals surface area contributed by atoms with E-state index in [9.17, 15) is 4.79 Å². The van der Waals surface area contributed by atoms with Crippen LogP contribution < -0.4 is 16.4 Å². The molecule has 0 saturated heterocycles. The Hall–Kier alpha value is -0.840. The van der Waals surface area contributed by atoms with E-state index in [-0.39, 0.29) is 11.1 Å². The zero-order chi connectivity index (χ0) is 7.28. The Labute approximate surface area is 58.8 Å². The standard InChI is InChI=1S/C4H9N3OS/c1-2-6-4(8)7-3(5)9/h2H2,1H3,(H4,5,6,7,8,9). The Morgan fingerprint density at radius 2 is 2.33 bits per heavy atom. The van der Waals surface area contributed by atoms with E-state index < -0.39 is 0 Å². The zero-order valence-electron chi connectivity index (χ0n) is 5.10. The number of nitrogens with two attached hydrogens (primary N) is 1. The van der Waals surface area contributed by atoms with Crippen molar-refractivity contribution in [3.63, 3.8) is 0 Å². The summed E-state index contributed by atoms with van der Waals surface area (Å²) in [7, 11) is 0. The topological polar surface area (TPSA) is 67.2 Å². The van der Waals surface area contributed by atoms with E-state index in [1.807, 2.05) is 0 Å². The number of hydrogen-bond donors (Lipinski definition) is 3. The lowest BCUT2D eigenvalue weighted by molar-refractivity contribution is 0.246. The summed E-state index contributed by atoms with van der Waals surface area (Å²) in [5.74, 6) is 0. The lowest BCUT2D eigenvalue weighted by Gasteiger charge is -2.00. The lowest BCUT2D eigenvalue weighted by Crippen LogP contribution is -2.41. The molecule has 0 heterocycles. The van der Waals surface area contributed by atoms with Crippen LogP contribution in [0.3, 0.4) is 0 Å². The van der Waals surface area contributed by atoms with Crippen LogP contribution in [0.4, 0.5) is 4.79 Å². The fourth-order valence-electron chi connectivity index (χ4n) is 0.317. The molecule has 0 bridgehead atoms. The highest BCUT2D eigenvalue weighted by molar-refractivity contribution is 7.80. The summed E-state index contributed by atoms with van der Waals surface area (Å²) in [6, 6.07) is -0.356. The molecule has 2 amide bonds. The Kier molecular flexibility index (Phi) is 3.70. The van der Waals surface area contributed by atoms with Crippen LogP contribution in [0, 0.1) is 0 Å². The molecule has 0 aliphatic rings. The van der Waals surface area contributed by atoms with Gasteiger partial charge in [-0.15, -0.1) is 0 Å². The summed E-state index contributed by atoms with van der Waals surface area (Å²) in [6.45, 7) is 2.37. The third kappa shape index (κ3) is 5.02. The third-order valence-electron chi connectivity index (χ3n) is 0.574. The largest absolute Gasteiger partial charge is 0.376 e. The second-order valence-electron chi connectivity index (χ2n) is 1.35.